The van der Waals surface area contributed by atoms with E-state index in [0.29, 0.717) is 11.4 Å². The van der Waals surface area contributed by atoms with Gasteiger partial charge in [0.1, 0.15) is 6.04 Å². The maximum absolute atomic E-state index is 11.0. The summed E-state index contributed by atoms with van der Waals surface area (Å²) in [6.45, 7) is 0. The largest absolute Gasteiger partial charge is 0.480 e. The first-order valence-corrected chi connectivity index (χ1v) is 5.21. The topological polar surface area (TPSA) is 40.5 Å². The summed E-state index contributed by atoms with van der Waals surface area (Å²) in [6, 6.07) is 5.16. The second-order valence-electron chi connectivity index (χ2n) is 3.78. The van der Waals surface area contributed by atoms with Gasteiger partial charge in [-0.2, -0.15) is 0 Å². The number of rotatable bonds is 1. The summed E-state index contributed by atoms with van der Waals surface area (Å²) in [5.41, 5.74) is 2.10. The van der Waals surface area contributed by atoms with Crippen LogP contribution in [0.15, 0.2) is 18.2 Å². The SMILES string of the molecule is CN1c2ccc(Cl)cc2CCC1C(=O)O. The van der Waals surface area contributed by atoms with Crippen LogP contribution in [0.4, 0.5) is 5.69 Å². The zero-order chi connectivity index (χ0) is 11.0. The standard InChI is InChI=1S/C11H12ClNO2/c1-13-9-5-3-8(12)6-7(9)2-4-10(13)11(14)15/h3,5-6,10H,2,4H2,1H3,(H,14,15). The van der Waals surface area contributed by atoms with Crippen LogP contribution in [-0.4, -0.2) is 24.2 Å². The molecule has 80 valence electrons. The fraction of sp³-hybridized carbons (Fsp3) is 0.364. The Morgan fingerprint density at radius 2 is 2.33 bits per heavy atom. The van der Waals surface area contributed by atoms with Crippen molar-refractivity contribution in [2.45, 2.75) is 18.9 Å². The molecule has 1 aromatic rings. The van der Waals surface area contributed by atoms with Gasteiger partial charge in [-0.25, -0.2) is 4.79 Å². The third-order valence-corrected chi connectivity index (χ3v) is 3.10. The maximum atomic E-state index is 11.0. The van der Waals surface area contributed by atoms with Gasteiger partial charge in [0.05, 0.1) is 0 Å². The van der Waals surface area contributed by atoms with Crippen LogP contribution >= 0.6 is 11.6 Å². The van der Waals surface area contributed by atoms with Crippen LogP contribution in [-0.2, 0) is 11.2 Å². The molecule has 0 bridgehead atoms. The Morgan fingerprint density at radius 3 is 3.00 bits per heavy atom. The summed E-state index contributed by atoms with van der Waals surface area (Å²) in [4.78, 5) is 12.8. The van der Waals surface area contributed by atoms with E-state index in [1.54, 1.807) is 11.0 Å². The normalized spacial score (nSPS) is 19.9. The second kappa shape index (κ2) is 3.74. The number of carboxylic acids is 1. The monoisotopic (exact) mass is 225 g/mol. The van der Waals surface area contributed by atoms with Gasteiger partial charge in [0, 0.05) is 17.8 Å². The Balaban J connectivity index is 2.38. The molecule has 0 saturated carbocycles. The van der Waals surface area contributed by atoms with Crippen molar-refractivity contribution in [1.82, 2.24) is 0 Å². The quantitative estimate of drug-likeness (QED) is 0.797. The molecule has 1 heterocycles. The highest BCUT2D eigenvalue weighted by atomic mass is 35.5. The van der Waals surface area contributed by atoms with Crippen molar-refractivity contribution in [3.8, 4) is 0 Å². The maximum Gasteiger partial charge on any atom is 0.326 e. The number of aliphatic carboxylic acids is 1. The number of nitrogens with zero attached hydrogens (tertiary/aromatic N) is 1. The molecule has 1 aliphatic heterocycles. The van der Waals surface area contributed by atoms with Crippen LogP contribution < -0.4 is 4.90 Å². The molecule has 1 N–H and O–H groups in total. The van der Waals surface area contributed by atoms with Crippen molar-refractivity contribution in [2.24, 2.45) is 0 Å². The third kappa shape index (κ3) is 1.79. The number of anilines is 1. The summed E-state index contributed by atoms with van der Waals surface area (Å²) < 4.78 is 0. The zero-order valence-corrected chi connectivity index (χ0v) is 9.16. The molecule has 1 aliphatic rings. The molecule has 0 spiro atoms. The van der Waals surface area contributed by atoms with Gasteiger partial charge < -0.3 is 10.0 Å². The number of halogens is 1. The van der Waals surface area contributed by atoms with Crippen LogP contribution in [0.25, 0.3) is 0 Å². The lowest BCUT2D eigenvalue weighted by molar-refractivity contribution is -0.138. The molecule has 0 amide bonds. The second-order valence-corrected chi connectivity index (χ2v) is 4.21. The summed E-state index contributed by atoms with van der Waals surface area (Å²) in [5.74, 6) is -0.766. The van der Waals surface area contributed by atoms with E-state index in [-0.39, 0.29) is 0 Å². The van der Waals surface area contributed by atoms with Gasteiger partial charge in [0.25, 0.3) is 0 Å². The average molecular weight is 226 g/mol. The zero-order valence-electron chi connectivity index (χ0n) is 8.40. The van der Waals surface area contributed by atoms with Gasteiger partial charge in [-0.05, 0) is 36.6 Å². The minimum Gasteiger partial charge on any atom is -0.480 e. The lowest BCUT2D eigenvalue weighted by Gasteiger charge is -2.33. The van der Waals surface area contributed by atoms with Crippen molar-refractivity contribution in [3.05, 3.63) is 28.8 Å². The molecule has 1 unspecified atom stereocenters. The molecule has 1 aromatic carbocycles. The number of fused-ring (bicyclic) bond motifs is 1. The first-order chi connectivity index (χ1) is 7.09. The van der Waals surface area contributed by atoms with Gasteiger partial charge >= 0.3 is 5.97 Å². The van der Waals surface area contributed by atoms with Crippen molar-refractivity contribution in [2.75, 3.05) is 11.9 Å². The van der Waals surface area contributed by atoms with Crippen molar-refractivity contribution in [3.63, 3.8) is 0 Å². The number of carboxylic acid groups (broad SMARTS) is 1. The molecule has 1 atom stereocenters. The Morgan fingerprint density at radius 1 is 1.60 bits per heavy atom. The molecule has 0 aromatic heterocycles. The molecule has 0 fully saturated rings. The van der Waals surface area contributed by atoms with Crippen LogP contribution in [0.2, 0.25) is 5.02 Å². The van der Waals surface area contributed by atoms with Gasteiger partial charge in [0.2, 0.25) is 0 Å². The average Bonchev–Trinajstić information content (AvgIpc) is 2.17. The van der Waals surface area contributed by atoms with E-state index in [2.05, 4.69) is 0 Å². The molecule has 0 aliphatic carbocycles. The minimum absolute atomic E-state index is 0.418. The van der Waals surface area contributed by atoms with E-state index in [1.165, 1.54) is 0 Å². The summed E-state index contributed by atoms with van der Waals surface area (Å²) in [5, 5.41) is 9.73. The Kier molecular flexibility index (Phi) is 2.57. The lowest BCUT2D eigenvalue weighted by Crippen LogP contribution is -2.41. The van der Waals surface area contributed by atoms with E-state index in [4.69, 9.17) is 16.7 Å². The predicted octanol–water partition coefficient (Wildman–Crippen LogP) is 2.18. The molecular formula is C11H12ClNO2. The summed E-state index contributed by atoms with van der Waals surface area (Å²) in [7, 11) is 1.81. The van der Waals surface area contributed by atoms with E-state index in [1.807, 2.05) is 19.2 Å². The number of carbonyl (C=O) groups is 1. The van der Waals surface area contributed by atoms with E-state index < -0.39 is 12.0 Å². The molecule has 0 saturated heterocycles. The molecule has 4 heteroatoms. The highest BCUT2D eigenvalue weighted by molar-refractivity contribution is 6.30. The van der Waals surface area contributed by atoms with Crippen molar-refractivity contribution < 1.29 is 9.90 Å². The van der Waals surface area contributed by atoms with Gasteiger partial charge in [-0.15, -0.1) is 0 Å². The predicted molar refractivity (Wildman–Crippen MR) is 59.6 cm³/mol. The van der Waals surface area contributed by atoms with Gasteiger partial charge in [-0.1, -0.05) is 11.6 Å². The van der Waals surface area contributed by atoms with Gasteiger partial charge in [-0.3, -0.25) is 0 Å². The fourth-order valence-electron chi connectivity index (χ4n) is 2.04. The van der Waals surface area contributed by atoms with Crippen molar-refractivity contribution in [1.29, 1.82) is 0 Å². The smallest absolute Gasteiger partial charge is 0.326 e. The number of likely N-dealkylation sites (N-methyl/N-ethyl adjacent to an activating group) is 1. The van der Waals surface area contributed by atoms with Crippen LogP contribution in [0.3, 0.4) is 0 Å². The van der Waals surface area contributed by atoms with Crippen LogP contribution in [0.1, 0.15) is 12.0 Å². The number of aryl methyl sites for hydroxylation is 1. The lowest BCUT2D eigenvalue weighted by atomic mass is 9.96. The summed E-state index contributed by atoms with van der Waals surface area (Å²) in [6.07, 6.45) is 1.41. The number of benzene rings is 1. The Labute approximate surface area is 93.3 Å². The third-order valence-electron chi connectivity index (χ3n) is 2.86. The van der Waals surface area contributed by atoms with Crippen LogP contribution in [0.5, 0.6) is 0 Å². The minimum atomic E-state index is -0.766. The van der Waals surface area contributed by atoms with Crippen LogP contribution in [0, 0.1) is 0 Å². The number of hydrogen-bond donors (Lipinski definition) is 1. The number of hydrogen-bond acceptors (Lipinski definition) is 2. The Hall–Kier alpha value is -1.22. The molecule has 3 nitrogen and oxygen atoms in total. The first kappa shape index (κ1) is 10.3. The fourth-order valence-corrected chi connectivity index (χ4v) is 2.24. The first-order valence-electron chi connectivity index (χ1n) is 4.83. The van der Waals surface area contributed by atoms with E-state index >= 15 is 0 Å². The highest BCUT2D eigenvalue weighted by Gasteiger charge is 2.28. The summed E-state index contributed by atoms with van der Waals surface area (Å²) >= 11 is 5.89. The molecular weight excluding hydrogens is 214 g/mol. The highest BCUT2D eigenvalue weighted by Crippen LogP contribution is 2.31. The van der Waals surface area contributed by atoms with Gasteiger partial charge in [0.15, 0.2) is 0 Å². The molecule has 0 radical (unpaired) electrons. The Bertz CT molecular complexity index is 406. The van der Waals surface area contributed by atoms with E-state index in [9.17, 15) is 4.79 Å². The molecule has 2 rings (SSSR count). The molecule has 15 heavy (non-hydrogen) atoms. The van der Waals surface area contributed by atoms with Crippen molar-refractivity contribution >= 4 is 23.3 Å². The van der Waals surface area contributed by atoms with E-state index in [0.717, 1.165) is 17.7 Å².